The molecule has 0 aromatic carbocycles. The number of nitrogens with one attached hydrogen (secondary N) is 1. The van der Waals surface area contributed by atoms with Gasteiger partial charge in [-0.2, -0.15) is 13.2 Å². The molecule has 1 amide bonds. The second kappa shape index (κ2) is 6.51. The Bertz CT molecular complexity index is 509. The molecular formula is C14H18F3N3O2. The zero-order valence-corrected chi connectivity index (χ0v) is 12.4. The summed E-state index contributed by atoms with van der Waals surface area (Å²) in [5, 5.41) is 1.81. The fraction of sp³-hybridized carbons (Fsp3) is 0.571. The average molecular weight is 317 g/mol. The standard InChI is InChI=1S/C14H18F3N3O2/c1-9-6-20(7-10(2)22-9)12-4-3-11(5-18-12)13(21)19-8-14(15,16)17/h3-5,9-10H,6-8H2,1-2H3,(H,19,21). The molecule has 1 aromatic heterocycles. The Morgan fingerprint density at radius 3 is 2.50 bits per heavy atom. The van der Waals surface area contributed by atoms with Gasteiger partial charge in [-0.3, -0.25) is 4.79 Å². The number of anilines is 1. The molecule has 2 atom stereocenters. The van der Waals surface area contributed by atoms with Crippen molar-refractivity contribution in [2.24, 2.45) is 0 Å². The first-order chi connectivity index (χ1) is 10.2. The predicted molar refractivity (Wildman–Crippen MR) is 74.8 cm³/mol. The smallest absolute Gasteiger partial charge is 0.372 e. The number of nitrogens with zero attached hydrogens (tertiary/aromatic N) is 2. The number of ether oxygens (including phenoxy) is 1. The highest BCUT2D eigenvalue weighted by Gasteiger charge is 2.28. The number of carbonyl (C=O) groups is 1. The fourth-order valence-corrected chi connectivity index (χ4v) is 2.35. The molecule has 0 radical (unpaired) electrons. The molecule has 0 saturated carbocycles. The number of carbonyl (C=O) groups excluding carboxylic acids is 1. The van der Waals surface area contributed by atoms with Crippen molar-refractivity contribution in [1.29, 1.82) is 0 Å². The number of morpholine rings is 1. The maximum Gasteiger partial charge on any atom is 0.405 e. The zero-order valence-electron chi connectivity index (χ0n) is 12.4. The summed E-state index contributed by atoms with van der Waals surface area (Å²) in [4.78, 5) is 17.8. The molecule has 5 nitrogen and oxygen atoms in total. The molecule has 8 heteroatoms. The van der Waals surface area contributed by atoms with Gasteiger partial charge in [0.15, 0.2) is 0 Å². The van der Waals surface area contributed by atoms with Gasteiger partial charge in [-0.15, -0.1) is 0 Å². The molecule has 0 bridgehead atoms. The first kappa shape index (κ1) is 16.5. The lowest BCUT2D eigenvalue weighted by atomic mass is 10.2. The molecule has 0 spiro atoms. The van der Waals surface area contributed by atoms with Gasteiger partial charge in [0, 0.05) is 19.3 Å². The topological polar surface area (TPSA) is 54.5 Å². The summed E-state index contributed by atoms with van der Waals surface area (Å²) in [6.45, 7) is 3.92. The third kappa shape index (κ3) is 4.59. The first-order valence-electron chi connectivity index (χ1n) is 6.96. The van der Waals surface area contributed by atoms with Crippen LogP contribution < -0.4 is 10.2 Å². The van der Waals surface area contributed by atoms with E-state index in [9.17, 15) is 18.0 Å². The van der Waals surface area contributed by atoms with Crippen LogP contribution in [0, 0.1) is 0 Å². The second-order valence-electron chi connectivity index (χ2n) is 5.37. The first-order valence-corrected chi connectivity index (χ1v) is 6.96. The quantitative estimate of drug-likeness (QED) is 0.926. The van der Waals surface area contributed by atoms with Crippen LogP contribution in [0.5, 0.6) is 0 Å². The highest BCUT2D eigenvalue weighted by Crippen LogP contribution is 2.18. The minimum atomic E-state index is -4.43. The van der Waals surface area contributed by atoms with Crippen molar-refractivity contribution in [1.82, 2.24) is 10.3 Å². The molecule has 2 heterocycles. The van der Waals surface area contributed by atoms with Gasteiger partial charge in [-0.05, 0) is 26.0 Å². The summed E-state index contributed by atoms with van der Waals surface area (Å²) in [6.07, 6.45) is -3.00. The number of aromatic nitrogens is 1. The molecule has 1 saturated heterocycles. The van der Waals surface area contributed by atoms with E-state index in [1.807, 2.05) is 24.1 Å². The van der Waals surface area contributed by atoms with Crippen molar-refractivity contribution >= 4 is 11.7 Å². The number of amides is 1. The van der Waals surface area contributed by atoms with Gasteiger partial charge in [0.1, 0.15) is 12.4 Å². The van der Waals surface area contributed by atoms with E-state index in [2.05, 4.69) is 4.98 Å². The van der Waals surface area contributed by atoms with Gasteiger partial charge >= 0.3 is 6.18 Å². The highest BCUT2D eigenvalue weighted by molar-refractivity contribution is 5.94. The summed E-state index contributed by atoms with van der Waals surface area (Å²) in [5.41, 5.74) is 0.0994. The Labute approximate surface area is 126 Å². The highest BCUT2D eigenvalue weighted by atomic mass is 19.4. The number of hydrogen-bond donors (Lipinski definition) is 1. The summed E-state index contributed by atoms with van der Waals surface area (Å²) in [7, 11) is 0. The SMILES string of the molecule is CC1CN(c2ccc(C(=O)NCC(F)(F)F)cn2)CC(C)O1. The number of halogens is 3. The molecule has 2 unspecified atom stereocenters. The Morgan fingerprint density at radius 1 is 1.36 bits per heavy atom. The maximum atomic E-state index is 12.1. The van der Waals surface area contributed by atoms with Gasteiger partial charge < -0.3 is 15.0 Å². The third-order valence-electron chi connectivity index (χ3n) is 3.20. The lowest BCUT2D eigenvalue weighted by Crippen LogP contribution is -2.45. The van der Waals surface area contributed by atoms with Crippen LogP contribution in [0.4, 0.5) is 19.0 Å². The van der Waals surface area contributed by atoms with Crippen molar-refractivity contribution in [3.63, 3.8) is 0 Å². The molecule has 1 aliphatic heterocycles. The Kier molecular flexibility index (Phi) is 4.90. The third-order valence-corrected chi connectivity index (χ3v) is 3.20. The lowest BCUT2D eigenvalue weighted by Gasteiger charge is -2.36. The Balaban J connectivity index is 1.99. The number of alkyl halides is 3. The van der Waals surface area contributed by atoms with Crippen molar-refractivity contribution in [3.8, 4) is 0 Å². The molecule has 122 valence electrons. The van der Waals surface area contributed by atoms with Crippen LogP contribution in [0.15, 0.2) is 18.3 Å². The van der Waals surface area contributed by atoms with Crippen molar-refractivity contribution in [2.75, 3.05) is 24.5 Å². The van der Waals surface area contributed by atoms with Gasteiger partial charge in [0.2, 0.25) is 0 Å². The summed E-state index contributed by atoms with van der Waals surface area (Å²) < 4.78 is 41.8. The Hall–Kier alpha value is -1.83. The minimum Gasteiger partial charge on any atom is -0.372 e. The van der Waals surface area contributed by atoms with Crippen LogP contribution >= 0.6 is 0 Å². The van der Waals surface area contributed by atoms with Crippen LogP contribution in [0.3, 0.4) is 0 Å². The molecule has 1 aliphatic rings. The van der Waals surface area contributed by atoms with Crippen LogP contribution in [0.25, 0.3) is 0 Å². The summed E-state index contributed by atoms with van der Waals surface area (Å²) >= 11 is 0. The lowest BCUT2D eigenvalue weighted by molar-refractivity contribution is -0.123. The van der Waals surface area contributed by atoms with Crippen LogP contribution in [0.1, 0.15) is 24.2 Å². The van der Waals surface area contributed by atoms with E-state index in [0.29, 0.717) is 18.9 Å². The molecular weight excluding hydrogens is 299 g/mol. The summed E-state index contributed by atoms with van der Waals surface area (Å²) in [6, 6.07) is 3.10. The fourth-order valence-electron chi connectivity index (χ4n) is 2.35. The molecule has 1 N–H and O–H groups in total. The van der Waals surface area contributed by atoms with Gasteiger partial charge in [0.05, 0.1) is 17.8 Å². The molecule has 22 heavy (non-hydrogen) atoms. The molecule has 1 fully saturated rings. The largest absolute Gasteiger partial charge is 0.405 e. The van der Waals surface area contributed by atoms with E-state index in [4.69, 9.17) is 4.74 Å². The van der Waals surface area contributed by atoms with Gasteiger partial charge in [-0.25, -0.2) is 4.98 Å². The molecule has 0 aliphatic carbocycles. The monoisotopic (exact) mass is 317 g/mol. The van der Waals surface area contributed by atoms with E-state index in [1.54, 1.807) is 6.07 Å². The average Bonchev–Trinajstić information content (AvgIpc) is 2.43. The maximum absolute atomic E-state index is 12.1. The van der Waals surface area contributed by atoms with Gasteiger partial charge in [0.25, 0.3) is 5.91 Å². The molecule has 1 aromatic rings. The predicted octanol–water partition coefficient (Wildman–Crippen LogP) is 1.99. The van der Waals surface area contributed by atoms with Crippen molar-refractivity contribution < 1.29 is 22.7 Å². The number of pyridine rings is 1. The summed E-state index contributed by atoms with van der Waals surface area (Å²) in [5.74, 6) is -0.116. The normalized spacial score (nSPS) is 22.5. The number of hydrogen-bond acceptors (Lipinski definition) is 4. The second-order valence-corrected chi connectivity index (χ2v) is 5.37. The van der Waals surface area contributed by atoms with Crippen molar-refractivity contribution in [3.05, 3.63) is 23.9 Å². The zero-order chi connectivity index (χ0) is 16.3. The van der Waals surface area contributed by atoms with Crippen LogP contribution in [-0.2, 0) is 4.74 Å². The minimum absolute atomic E-state index is 0.0697. The van der Waals surface area contributed by atoms with Crippen LogP contribution in [-0.4, -0.2) is 48.9 Å². The van der Waals surface area contributed by atoms with E-state index in [1.165, 1.54) is 12.3 Å². The van der Waals surface area contributed by atoms with E-state index in [-0.39, 0.29) is 17.8 Å². The van der Waals surface area contributed by atoms with E-state index in [0.717, 1.165) is 0 Å². The van der Waals surface area contributed by atoms with Crippen LogP contribution in [0.2, 0.25) is 0 Å². The van der Waals surface area contributed by atoms with Crippen molar-refractivity contribution in [2.45, 2.75) is 32.2 Å². The number of rotatable bonds is 3. The molecule has 2 rings (SSSR count). The van der Waals surface area contributed by atoms with E-state index >= 15 is 0 Å². The van der Waals surface area contributed by atoms with Gasteiger partial charge in [-0.1, -0.05) is 0 Å². The Morgan fingerprint density at radius 2 is 2.00 bits per heavy atom. The van der Waals surface area contributed by atoms with E-state index < -0.39 is 18.6 Å².